The van der Waals surface area contributed by atoms with E-state index in [1.165, 1.54) is 6.08 Å². The normalized spacial score (nSPS) is 24.2. The van der Waals surface area contributed by atoms with E-state index in [0.29, 0.717) is 6.61 Å². The third-order valence-corrected chi connectivity index (χ3v) is 2.07. The molecular formula is C10H16O3. The highest BCUT2D eigenvalue weighted by molar-refractivity contribution is 5.81. The number of hydrogen-bond acceptors (Lipinski definition) is 3. The van der Waals surface area contributed by atoms with Gasteiger partial charge < -0.3 is 9.47 Å². The molecule has 1 unspecified atom stereocenters. The maximum Gasteiger partial charge on any atom is 0.330 e. The first-order valence-electron chi connectivity index (χ1n) is 4.73. The first-order valence-corrected chi connectivity index (χ1v) is 4.73. The quantitative estimate of drug-likeness (QED) is 0.484. The highest BCUT2D eigenvalue weighted by Gasteiger charge is 2.14. The Labute approximate surface area is 78.7 Å². The Kier molecular flexibility index (Phi) is 4.54. The minimum absolute atomic E-state index is 0.0780. The van der Waals surface area contributed by atoms with Gasteiger partial charge in [0.2, 0.25) is 0 Å². The van der Waals surface area contributed by atoms with Crippen molar-refractivity contribution in [2.24, 2.45) is 0 Å². The Hall–Kier alpha value is -0.830. The Morgan fingerprint density at radius 2 is 2.31 bits per heavy atom. The second-order valence-corrected chi connectivity index (χ2v) is 3.19. The van der Waals surface area contributed by atoms with Gasteiger partial charge in [0, 0.05) is 12.7 Å². The molecule has 1 saturated heterocycles. The molecular weight excluding hydrogens is 168 g/mol. The highest BCUT2D eigenvalue weighted by atomic mass is 16.6. The van der Waals surface area contributed by atoms with Gasteiger partial charge in [-0.25, -0.2) is 4.79 Å². The number of rotatable bonds is 2. The van der Waals surface area contributed by atoms with Crippen LogP contribution in [0, 0.1) is 0 Å². The number of carbonyl (C=O) groups is 1. The molecule has 0 radical (unpaired) electrons. The van der Waals surface area contributed by atoms with Crippen LogP contribution in [-0.4, -0.2) is 25.3 Å². The van der Waals surface area contributed by atoms with Crippen LogP contribution in [0.3, 0.4) is 0 Å². The zero-order valence-electron chi connectivity index (χ0n) is 7.83. The summed E-state index contributed by atoms with van der Waals surface area (Å²) in [6, 6.07) is 0. The molecule has 0 aromatic heterocycles. The molecule has 1 rings (SSSR count). The van der Waals surface area contributed by atoms with E-state index in [2.05, 4.69) is 6.58 Å². The van der Waals surface area contributed by atoms with Crippen molar-refractivity contribution in [2.45, 2.75) is 31.8 Å². The fourth-order valence-electron chi connectivity index (χ4n) is 1.36. The average Bonchev–Trinajstić information content (AvgIpc) is 2.09. The molecule has 1 fully saturated rings. The summed E-state index contributed by atoms with van der Waals surface area (Å²) in [5.74, 6) is -0.353. The standard InChI is InChI=1S/C10H16O3/c1-2-10(11)13-9-6-4-3-5-7-12-8-9/h2,9H,1,3-8H2. The third kappa shape index (κ3) is 4.08. The van der Waals surface area contributed by atoms with Gasteiger partial charge in [-0.2, -0.15) is 0 Å². The number of hydrogen-bond donors (Lipinski definition) is 0. The number of carbonyl (C=O) groups excluding carboxylic acids is 1. The van der Waals surface area contributed by atoms with E-state index in [1.807, 2.05) is 0 Å². The summed E-state index contributed by atoms with van der Waals surface area (Å²) in [6.45, 7) is 4.66. The van der Waals surface area contributed by atoms with Gasteiger partial charge in [-0.1, -0.05) is 13.0 Å². The summed E-state index contributed by atoms with van der Waals surface area (Å²) in [6.07, 6.45) is 5.40. The van der Waals surface area contributed by atoms with E-state index in [9.17, 15) is 4.79 Å². The van der Waals surface area contributed by atoms with Crippen molar-refractivity contribution >= 4 is 5.97 Å². The third-order valence-electron chi connectivity index (χ3n) is 2.07. The predicted octanol–water partition coefficient (Wildman–Crippen LogP) is 1.67. The van der Waals surface area contributed by atoms with Crippen LogP contribution < -0.4 is 0 Å². The van der Waals surface area contributed by atoms with Crippen molar-refractivity contribution in [3.05, 3.63) is 12.7 Å². The smallest absolute Gasteiger partial charge is 0.330 e. The zero-order chi connectivity index (χ0) is 9.52. The zero-order valence-corrected chi connectivity index (χ0v) is 7.83. The molecule has 0 saturated carbocycles. The monoisotopic (exact) mass is 184 g/mol. The van der Waals surface area contributed by atoms with E-state index in [0.717, 1.165) is 32.3 Å². The first kappa shape index (κ1) is 10.3. The molecule has 0 N–H and O–H groups in total. The van der Waals surface area contributed by atoms with E-state index in [4.69, 9.17) is 9.47 Å². The molecule has 1 atom stereocenters. The molecule has 0 aliphatic carbocycles. The minimum atomic E-state index is -0.353. The van der Waals surface area contributed by atoms with Crippen LogP contribution in [0.5, 0.6) is 0 Å². The maximum atomic E-state index is 10.9. The Balaban J connectivity index is 2.28. The fourth-order valence-corrected chi connectivity index (χ4v) is 1.36. The molecule has 74 valence electrons. The molecule has 1 aliphatic heterocycles. The van der Waals surface area contributed by atoms with E-state index >= 15 is 0 Å². The fraction of sp³-hybridized carbons (Fsp3) is 0.700. The van der Waals surface area contributed by atoms with Gasteiger partial charge in [0.05, 0.1) is 6.61 Å². The molecule has 3 nitrogen and oxygen atoms in total. The van der Waals surface area contributed by atoms with Crippen molar-refractivity contribution in [1.82, 2.24) is 0 Å². The average molecular weight is 184 g/mol. The summed E-state index contributed by atoms with van der Waals surface area (Å²) in [7, 11) is 0. The summed E-state index contributed by atoms with van der Waals surface area (Å²) < 4.78 is 10.4. The molecule has 1 heterocycles. The van der Waals surface area contributed by atoms with Gasteiger partial charge in [0.1, 0.15) is 6.10 Å². The lowest BCUT2D eigenvalue weighted by molar-refractivity contribution is -0.147. The van der Waals surface area contributed by atoms with E-state index in [-0.39, 0.29) is 12.1 Å². The van der Waals surface area contributed by atoms with Crippen molar-refractivity contribution in [3.8, 4) is 0 Å². The molecule has 0 amide bonds. The summed E-state index contributed by atoms with van der Waals surface area (Å²) in [4.78, 5) is 10.9. The highest BCUT2D eigenvalue weighted by Crippen LogP contribution is 2.11. The number of ether oxygens (including phenoxy) is 2. The largest absolute Gasteiger partial charge is 0.457 e. The molecule has 13 heavy (non-hydrogen) atoms. The van der Waals surface area contributed by atoms with Crippen LogP contribution in [0.2, 0.25) is 0 Å². The molecule has 0 spiro atoms. The molecule has 0 aromatic rings. The maximum absolute atomic E-state index is 10.9. The lowest BCUT2D eigenvalue weighted by Crippen LogP contribution is -2.24. The lowest BCUT2D eigenvalue weighted by atomic mass is 10.1. The van der Waals surface area contributed by atoms with Crippen LogP contribution in [-0.2, 0) is 14.3 Å². The van der Waals surface area contributed by atoms with Crippen molar-refractivity contribution in [3.63, 3.8) is 0 Å². The van der Waals surface area contributed by atoms with Gasteiger partial charge >= 0.3 is 5.97 Å². The van der Waals surface area contributed by atoms with Crippen LogP contribution in [0.4, 0.5) is 0 Å². The van der Waals surface area contributed by atoms with E-state index < -0.39 is 0 Å². The van der Waals surface area contributed by atoms with Gasteiger partial charge in [0.15, 0.2) is 0 Å². The minimum Gasteiger partial charge on any atom is -0.457 e. The van der Waals surface area contributed by atoms with Crippen LogP contribution in [0.15, 0.2) is 12.7 Å². The van der Waals surface area contributed by atoms with Gasteiger partial charge in [-0.15, -0.1) is 0 Å². The van der Waals surface area contributed by atoms with E-state index in [1.54, 1.807) is 0 Å². The van der Waals surface area contributed by atoms with Crippen LogP contribution in [0.25, 0.3) is 0 Å². The second kappa shape index (κ2) is 5.75. The summed E-state index contributed by atoms with van der Waals surface area (Å²) >= 11 is 0. The molecule has 1 aliphatic rings. The SMILES string of the molecule is C=CC(=O)OC1CCCCCOC1. The predicted molar refractivity (Wildman–Crippen MR) is 49.4 cm³/mol. The Morgan fingerprint density at radius 3 is 3.08 bits per heavy atom. The van der Waals surface area contributed by atoms with Crippen molar-refractivity contribution in [1.29, 1.82) is 0 Å². The van der Waals surface area contributed by atoms with Gasteiger partial charge in [0.25, 0.3) is 0 Å². The van der Waals surface area contributed by atoms with Crippen molar-refractivity contribution in [2.75, 3.05) is 13.2 Å². The van der Waals surface area contributed by atoms with Crippen molar-refractivity contribution < 1.29 is 14.3 Å². The number of esters is 1. The molecule has 0 aromatic carbocycles. The molecule has 3 heteroatoms. The summed E-state index contributed by atoms with van der Waals surface area (Å²) in [5.41, 5.74) is 0. The first-order chi connectivity index (χ1) is 6.33. The Bertz CT molecular complexity index is 169. The van der Waals surface area contributed by atoms with Crippen LogP contribution in [0.1, 0.15) is 25.7 Å². The van der Waals surface area contributed by atoms with Gasteiger partial charge in [-0.05, 0) is 19.3 Å². The topological polar surface area (TPSA) is 35.5 Å². The second-order valence-electron chi connectivity index (χ2n) is 3.19. The summed E-state index contributed by atoms with van der Waals surface area (Å²) in [5, 5.41) is 0. The van der Waals surface area contributed by atoms with Crippen LogP contribution >= 0.6 is 0 Å². The van der Waals surface area contributed by atoms with Gasteiger partial charge in [-0.3, -0.25) is 0 Å². The molecule has 0 bridgehead atoms. The Morgan fingerprint density at radius 1 is 1.46 bits per heavy atom. The lowest BCUT2D eigenvalue weighted by Gasteiger charge is -2.19.